The molecular weight excluding hydrogens is 297 g/mol. The second kappa shape index (κ2) is 6.07. The van der Waals surface area contributed by atoms with Crippen molar-refractivity contribution in [1.29, 1.82) is 0 Å². The summed E-state index contributed by atoms with van der Waals surface area (Å²) in [5, 5.41) is 0. The Labute approximate surface area is 134 Å². The van der Waals surface area contributed by atoms with Crippen LogP contribution in [0.25, 0.3) is 5.57 Å². The molecule has 3 heteroatoms. The molecule has 0 spiro atoms. The number of allylic oxidation sites excluding steroid dienone is 4. The fourth-order valence-electron chi connectivity index (χ4n) is 2.94. The number of aryl methyl sites for hydroxylation is 1. The highest BCUT2D eigenvalue weighted by molar-refractivity contribution is 5.77. The van der Waals surface area contributed by atoms with Crippen molar-refractivity contribution in [2.75, 3.05) is 0 Å². The van der Waals surface area contributed by atoms with E-state index in [4.69, 9.17) is 0 Å². The van der Waals surface area contributed by atoms with Gasteiger partial charge in [0.25, 0.3) is 0 Å². The van der Waals surface area contributed by atoms with Crippen LogP contribution in [0.15, 0.2) is 66.5 Å². The molecule has 0 aromatic heterocycles. The third-order valence-electron chi connectivity index (χ3n) is 4.22. The zero-order chi connectivity index (χ0) is 16.4. The Kier molecular flexibility index (Phi) is 4.12. The molecule has 0 amide bonds. The largest absolute Gasteiger partial charge is 0.233 e. The molecule has 1 aliphatic carbocycles. The van der Waals surface area contributed by atoms with Gasteiger partial charge in [0.15, 0.2) is 5.67 Å². The lowest BCUT2D eigenvalue weighted by Gasteiger charge is -2.30. The van der Waals surface area contributed by atoms with E-state index in [1.54, 1.807) is 6.07 Å². The Morgan fingerprint density at radius 2 is 1.83 bits per heavy atom. The zero-order valence-electron chi connectivity index (χ0n) is 12.8. The van der Waals surface area contributed by atoms with Crippen molar-refractivity contribution in [2.24, 2.45) is 0 Å². The van der Waals surface area contributed by atoms with Gasteiger partial charge in [0.2, 0.25) is 0 Å². The number of hydrogen-bond donors (Lipinski definition) is 0. The lowest BCUT2D eigenvalue weighted by molar-refractivity contribution is 0.246. The summed E-state index contributed by atoms with van der Waals surface area (Å²) < 4.78 is 43.1. The predicted molar refractivity (Wildman–Crippen MR) is 86.8 cm³/mol. The van der Waals surface area contributed by atoms with Gasteiger partial charge in [-0.05, 0) is 47.4 Å². The molecule has 1 atom stereocenters. The first-order valence-corrected chi connectivity index (χ1v) is 7.65. The Bertz CT molecular complexity index is 789. The van der Waals surface area contributed by atoms with Gasteiger partial charge in [0, 0.05) is 12.0 Å². The molecule has 0 bridgehead atoms. The van der Waals surface area contributed by atoms with Gasteiger partial charge in [0.05, 0.1) is 0 Å². The predicted octanol–water partition coefficient (Wildman–Crippen LogP) is 5.89. The Balaban J connectivity index is 2.14. The van der Waals surface area contributed by atoms with Crippen LogP contribution in [0.5, 0.6) is 0 Å². The first-order chi connectivity index (χ1) is 11.0. The average Bonchev–Trinajstić information content (AvgIpc) is 2.57. The van der Waals surface area contributed by atoms with Crippen LogP contribution < -0.4 is 0 Å². The number of rotatable bonds is 3. The average molecular weight is 314 g/mol. The minimum atomic E-state index is -1.94. The Hall–Kier alpha value is -2.29. The van der Waals surface area contributed by atoms with Gasteiger partial charge >= 0.3 is 0 Å². The maximum absolute atomic E-state index is 15.8. The summed E-state index contributed by atoms with van der Waals surface area (Å²) in [6, 6.07) is 12.9. The van der Waals surface area contributed by atoms with Crippen LogP contribution in [0.1, 0.15) is 30.0 Å². The second-order valence-corrected chi connectivity index (χ2v) is 5.72. The van der Waals surface area contributed by atoms with Crippen molar-refractivity contribution in [1.82, 2.24) is 0 Å². The van der Waals surface area contributed by atoms with E-state index in [0.29, 0.717) is 5.56 Å². The summed E-state index contributed by atoms with van der Waals surface area (Å²) in [7, 11) is 0. The molecule has 0 saturated heterocycles. The highest BCUT2D eigenvalue weighted by Crippen LogP contribution is 2.46. The van der Waals surface area contributed by atoms with Crippen LogP contribution in [0.2, 0.25) is 0 Å². The van der Waals surface area contributed by atoms with E-state index >= 15 is 4.39 Å². The maximum Gasteiger partial charge on any atom is 0.165 e. The van der Waals surface area contributed by atoms with Crippen LogP contribution in [0.4, 0.5) is 13.2 Å². The molecule has 2 aromatic carbocycles. The second-order valence-electron chi connectivity index (χ2n) is 5.72. The van der Waals surface area contributed by atoms with Crippen molar-refractivity contribution < 1.29 is 13.2 Å². The van der Waals surface area contributed by atoms with Crippen molar-refractivity contribution in [3.63, 3.8) is 0 Å². The summed E-state index contributed by atoms with van der Waals surface area (Å²) in [5.41, 5.74) is 0.163. The minimum absolute atomic E-state index is 0.148. The van der Waals surface area contributed by atoms with Crippen LogP contribution in [0.3, 0.4) is 0 Å². The highest BCUT2D eigenvalue weighted by atomic mass is 19.1. The van der Waals surface area contributed by atoms with E-state index in [1.165, 1.54) is 36.4 Å². The van der Waals surface area contributed by atoms with Crippen LogP contribution in [-0.2, 0) is 12.1 Å². The molecule has 0 nitrogen and oxygen atoms in total. The minimum Gasteiger partial charge on any atom is -0.233 e. The first kappa shape index (κ1) is 15.6. The molecule has 3 rings (SSSR count). The molecular formula is C20H17F3. The highest BCUT2D eigenvalue weighted by Gasteiger charge is 2.39. The summed E-state index contributed by atoms with van der Waals surface area (Å²) in [5.74, 6) is -0.970. The normalized spacial score (nSPS) is 20.9. The van der Waals surface area contributed by atoms with Crippen molar-refractivity contribution in [2.45, 2.75) is 25.4 Å². The third-order valence-corrected chi connectivity index (χ3v) is 4.22. The summed E-state index contributed by atoms with van der Waals surface area (Å²) >= 11 is 0. The first-order valence-electron chi connectivity index (χ1n) is 7.65. The molecule has 0 aliphatic heterocycles. The molecule has 118 valence electrons. The van der Waals surface area contributed by atoms with E-state index in [1.807, 2.05) is 25.1 Å². The smallest absolute Gasteiger partial charge is 0.165 e. The van der Waals surface area contributed by atoms with Gasteiger partial charge in [0.1, 0.15) is 11.6 Å². The number of alkyl halides is 1. The molecule has 0 radical (unpaired) electrons. The molecule has 0 heterocycles. The SMILES string of the molecule is CCc1cccc(C2=CC(F)=CCC2(F)c2cccc(F)c2)c1. The van der Waals surface area contributed by atoms with Gasteiger partial charge in [-0.15, -0.1) is 0 Å². The number of hydrogen-bond acceptors (Lipinski definition) is 0. The third kappa shape index (κ3) is 2.96. The standard InChI is InChI=1S/C20H17F3/c1-2-14-5-3-6-15(11-14)19-13-18(22)9-10-20(19,23)16-7-4-8-17(21)12-16/h3-9,11-13H,2,10H2,1H3. The van der Waals surface area contributed by atoms with Crippen molar-refractivity contribution >= 4 is 5.57 Å². The molecule has 0 saturated carbocycles. The van der Waals surface area contributed by atoms with Crippen molar-refractivity contribution in [3.05, 3.63) is 89.0 Å². The molecule has 2 aromatic rings. The van der Waals surface area contributed by atoms with Gasteiger partial charge in [-0.25, -0.2) is 13.2 Å². The lowest BCUT2D eigenvalue weighted by Crippen LogP contribution is -2.24. The fraction of sp³-hybridized carbons (Fsp3) is 0.200. The van der Waals surface area contributed by atoms with E-state index in [-0.39, 0.29) is 17.6 Å². The quantitative estimate of drug-likeness (QED) is 0.662. The van der Waals surface area contributed by atoms with Gasteiger partial charge in [-0.3, -0.25) is 0 Å². The molecule has 0 N–H and O–H groups in total. The Morgan fingerprint density at radius 3 is 2.57 bits per heavy atom. The summed E-state index contributed by atoms with van der Waals surface area (Å²) in [6.07, 6.45) is 3.07. The van der Waals surface area contributed by atoms with E-state index < -0.39 is 17.3 Å². The van der Waals surface area contributed by atoms with E-state index in [9.17, 15) is 8.78 Å². The fourth-order valence-corrected chi connectivity index (χ4v) is 2.94. The van der Waals surface area contributed by atoms with E-state index in [0.717, 1.165) is 12.0 Å². The van der Waals surface area contributed by atoms with Gasteiger partial charge in [-0.2, -0.15) is 0 Å². The van der Waals surface area contributed by atoms with Gasteiger partial charge < -0.3 is 0 Å². The lowest BCUT2D eigenvalue weighted by atomic mass is 9.78. The summed E-state index contributed by atoms with van der Waals surface area (Å²) in [6.45, 7) is 2.00. The van der Waals surface area contributed by atoms with Crippen LogP contribution >= 0.6 is 0 Å². The molecule has 1 unspecified atom stereocenters. The van der Waals surface area contributed by atoms with Gasteiger partial charge in [-0.1, -0.05) is 43.3 Å². The zero-order valence-corrected chi connectivity index (χ0v) is 12.8. The van der Waals surface area contributed by atoms with E-state index in [2.05, 4.69) is 0 Å². The summed E-state index contributed by atoms with van der Waals surface area (Å²) in [4.78, 5) is 0. The van der Waals surface area contributed by atoms with Crippen LogP contribution in [-0.4, -0.2) is 0 Å². The number of halogens is 3. The van der Waals surface area contributed by atoms with Crippen molar-refractivity contribution in [3.8, 4) is 0 Å². The Morgan fingerprint density at radius 1 is 1.04 bits per heavy atom. The van der Waals surface area contributed by atoms with Crippen LogP contribution in [0, 0.1) is 5.82 Å². The number of benzene rings is 2. The maximum atomic E-state index is 15.8. The monoisotopic (exact) mass is 314 g/mol. The molecule has 23 heavy (non-hydrogen) atoms. The topological polar surface area (TPSA) is 0 Å². The molecule has 1 aliphatic rings. The molecule has 0 fully saturated rings.